The summed E-state index contributed by atoms with van der Waals surface area (Å²) in [7, 11) is -4.67. The molecule has 0 atom stereocenters. The number of nitrogens with two attached hydrogens (primary N) is 2. The van der Waals surface area contributed by atoms with Gasteiger partial charge in [0.05, 0.1) is 0 Å². The third kappa shape index (κ3) is 7.21. The standard InChI is InChI=1S/C12H12N2O.H2O4S/c13-9-1-5-11(6-2-9)15-12-7-3-10(14)4-8-12;1-5(2,3)4/h1-8H,13-14H2;(H2,1,2,3,4). The van der Waals surface area contributed by atoms with E-state index >= 15 is 0 Å². The van der Waals surface area contributed by atoms with Crippen LogP contribution in [0.2, 0.25) is 0 Å². The molecule has 2 aromatic rings. The fourth-order valence-corrected chi connectivity index (χ4v) is 1.21. The Balaban J connectivity index is 0.000000347. The Hall–Kier alpha value is -2.29. The third-order valence-corrected chi connectivity index (χ3v) is 2.00. The molecule has 0 radical (unpaired) electrons. The molecule has 0 amide bonds. The first-order valence-electron chi connectivity index (χ1n) is 5.33. The molecule has 8 heteroatoms. The van der Waals surface area contributed by atoms with Crippen molar-refractivity contribution < 1.29 is 22.3 Å². The fraction of sp³-hybridized carbons (Fsp3) is 0. The normalized spacial score (nSPS) is 10.3. The number of nitrogen functional groups attached to an aromatic ring is 2. The maximum absolute atomic E-state index is 8.74. The Kier molecular flexibility index (Phi) is 5.32. The van der Waals surface area contributed by atoms with Gasteiger partial charge in [0.2, 0.25) is 0 Å². The Morgan fingerprint density at radius 3 is 1.25 bits per heavy atom. The van der Waals surface area contributed by atoms with Crippen LogP contribution in [-0.4, -0.2) is 17.5 Å². The molecule has 7 nitrogen and oxygen atoms in total. The van der Waals surface area contributed by atoms with Gasteiger partial charge in [0, 0.05) is 11.4 Å². The van der Waals surface area contributed by atoms with Crippen molar-refractivity contribution in [2.24, 2.45) is 0 Å². The number of hydrogen-bond acceptors (Lipinski definition) is 5. The second kappa shape index (κ2) is 6.75. The highest BCUT2D eigenvalue weighted by molar-refractivity contribution is 7.79. The lowest BCUT2D eigenvalue weighted by Gasteiger charge is -2.05. The molecule has 0 aliphatic heterocycles. The van der Waals surface area contributed by atoms with Crippen LogP contribution in [0.4, 0.5) is 11.4 Å². The number of benzene rings is 2. The quantitative estimate of drug-likeness (QED) is 0.491. The highest BCUT2D eigenvalue weighted by Crippen LogP contribution is 2.22. The Morgan fingerprint density at radius 2 is 1.00 bits per heavy atom. The first kappa shape index (κ1) is 15.8. The van der Waals surface area contributed by atoms with Crippen molar-refractivity contribution >= 4 is 21.8 Å². The molecule has 0 heterocycles. The third-order valence-electron chi connectivity index (χ3n) is 2.00. The summed E-state index contributed by atoms with van der Waals surface area (Å²) >= 11 is 0. The van der Waals surface area contributed by atoms with Crippen LogP contribution in [0, 0.1) is 0 Å². The van der Waals surface area contributed by atoms with E-state index in [1.54, 1.807) is 24.3 Å². The smallest absolute Gasteiger partial charge is 0.394 e. The zero-order chi connectivity index (χ0) is 15.2. The van der Waals surface area contributed by atoms with Crippen molar-refractivity contribution in [3.63, 3.8) is 0 Å². The summed E-state index contributed by atoms with van der Waals surface area (Å²) in [6.45, 7) is 0. The van der Waals surface area contributed by atoms with Crippen LogP contribution in [0.15, 0.2) is 48.5 Å². The van der Waals surface area contributed by atoms with Crippen LogP contribution >= 0.6 is 0 Å². The molecule has 108 valence electrons. The lowest BCUT2D eigenvalue weighted by atomic mass is 10.3. The molecular formula is C12H14N2O5S. The van der Waals surface area contributed by atoms with Crippen LogP contribution in [0.1, 0.15) is 0 Å². The first-order valence-corrected chi connectivity index (χ1v) is 6.72. The summed E-state index contributed by atoms with van der Waals surface area (Å²) < 4.78 is 37.2. The minimum atomic E-state index is -4.67. The average molecular weight is 298 g/mol. The minimum Gasteiger partial charge on any atom is -0.457 e. The molecule has 0 bridgehead atoms. The lowest BCUT2D eigenvalue weighted by Crippen LogP contribution is -1.89. The van der Waals surface area contributed by atoms with Crippen molar-refractivity contribution in [2.45, 2.75) is 0 Å². The van der Waals surface area contributed by atoms with Gasteiger partial charge in [-0.3, -0.25) is 9.11 Å². The predicted octanol–water partition coefficient (Wildman–Crippen LogP) is 1.99. The number of rotatable bonds is 2. The Morgan fingerprint density at radius 1 is 0.750 bits per heavy atom. The van der Waals surface area contributed by atoms with Crippen molar-refractivity contribution in [1.29, 1.82) is 0 Å². The van der Waals surface area contributed by atoms with Crippen LogP contribution in [-0.2, 0) is 10.4 Å². The molecule has 0 fully saturated rings. The van der Waals surface area contributed by atoms with E-state index in [1.165, 1.54) is 0 Å². The monoisotopic (exact) mass is 298 g/mol. The van der Waals surface area contributed by atoms with Gasteiger partial charge < -0.3 is 16.2 Å². The van der Waals surface area contributed by atoms with Crippen LogP contribution in [0.5, 0.6) is 11.5 Å². The summed E-state index contributed by atoms with van der Waals surface area (Å²) in [6.07, 6.45) is 0. The number of anilines is 2. The van der Waals surface area contributed by atoms with Crippen LogP contribution < -0.4 is 16.2 Å². The van der Waals surface area contributed by atoms with Gasteiger partial charge in [0.25, 0.3) is 0 Å². The van der Waals surface area contributed by atoms with Gasteiger partial charge in [-0.1, -0.05) is 0 Å². The van der Waals surface area contributed by atoms with Gasteiger partial charge >= 0.3 is 10.4 Å². The molecule has 0 saturated heterocycles. The molecule has 6 N–H and O–H groups in total. The second-order valence-corrected chi connectivity index (χ2v) is 4.58. The summed E-state index contributed by atoms with van der Waals surface area (Å²) in [5.74, 6) is 1.52. The zero-order valence-corrected chi connectivity index (χ0v) is 11.1. The van der Waals surface area contributed by atoms with Crippen molar-refractivity contribution in [3.05, 3.63) is 48.5 Å². The molecular weight excluding hydrogens is 284 g/mol. The number of ether oxygens (including phenoxy) is 1. The highest BCUT2D eigenvalue weighted by Gasteiger charge is 1.96. The highest BCUT2D eigenvalue weighted by atomic mass is 32.3. The van der Waals surface area contributed by atoms with E-state index < -0.39 is 10.4 Å². The van der Waals surface area contributed by atoms with E-state index in [0.29, 0.717) is 0 Å². The van der Waals surface area contributed by atoms with Crippen LogP contribution in [0.3, 0.4) is 0 Å². The summed E-state index contributed by atoms with van der Waals surface area (Å²) in [5.41, 5.74) is 12.6. The fourth-order valence-electron chi connectivity index (χ4n) is 1.21. The molecule has 0 aliphatic rings. The second-order valence-electron chi connectivity index (χ2n) is 3.69. The molecule has 0 saturated carbocycles. The van der Waals surface area contributed by atoms with Gasteiger partial charge in [-0.25, -0.2) is 0 Å². The first-order chi connectivity index (χ1) is 9.24. The molecule has 2 aromatic carbocycles. The summed E-state index contributed by atoms with van der Waals surface area (Å²) in [5, 5.41) is 0. The largest absolute Gasteiger partial charge is 0.457 e. The van der Waals surface area contributed by atoms with Gasteiger partial charge in [-0.15, -0.1) is 0 Å². The molecule has 2 rings (SSSR count). The van der Waals surface area contributed by atoms with E-state index in [0.717, 1.165) is 22.9 Å². The molecule has 20 heavy (non-hydrogen) atoms. The van der Waals surface area contributed by atoms with E-state index in [4.69, 9.17) is 33.7 Å². The minimum absolute atomic E-state index is 0.722. The molecule has 0 aliphatic carbocycles. The van der Waals surface area contributed by atoms with E-state index in [-0.39, 0.29) is 0 Å². The maximum Gasteiger partial charge on any atom is 0.394 e. The van der Waals surface area contributed by atoms with E-state index in [9.17, 15) is 0 Å². The van der Waals surface area contributed by atoms with Gasteiger partial charge in [-0.2, -0.15) is 8.42 Å². The van der Waals surface area contributed by atoms with Gasteiger partial charge in [-0.05, 0) is 48.5 Å². The van der Waals surface area contributed by atoms with E-state index in [1.807, 2.05) is 24.3 Å². The zero-order valence-electron chi connectivity index (χ0n) is 10.3. The van der Waals surface area contributed by atoms with Crippen LogP contribution in [0.25, 0.3) is 0 Å². The molecule has 0 spiro atoms. The Bertz CT molecular complexity index is 587. The van der Waals surface area contributed by atoms with Gasteiger partial charge in [0.1, 0.15) is 11.5 Å². The van der Waals surface area contributed by atoms with Crippen molar-refractivity contribution in [1.82, 2.24) is 0 Å². The van der Waals surface area contributed by atoms with E-state index in [2.05, 4.69) is 0 Å². The van der Waals surface area contributed by atoms with Gasteiger partial charge in [0.15, 0.2) is 0 Å². The van der Waals surface area contributed by atoms with Crippen molar-refractivity contribution in [2.75, 3.05) is 11.5 Å². The number of hydrogen-bond donors (Lipinski definition) is 4. The summed E-state index contributed by atoms with van der Waals surface area (Å²) in [6, 6.07) is 14.5. The predicted molar refractivity (Wildman–Crippen MR) is 76.0 cm³/mol. The van der Waals surface area contributed by atoms with Crippen molar-refractivity contribution in [3.8, 4) is 11.5 Å². The summed E-state index contributed by atoms with van der Waals surface area (Å²) in [4.78, 5) is 0. The topological polar surface area (TPSA) is 136 Å². The molecule has 0 aromatic heterocycles. The average Bonchev–Trinajstić information content (AvgIpc) is 2.33. The maximum atomic E-state index is 8.74. The lowest BCUT2D eigenvalue weighted by molar-refractivity contribution is 0.381. The SMILES string of the molecule is Nc1ccc(Oc2ccc(N)cc2)cc1.O=S(=O)(O)O. The molecule has 0 unspecified atom stereocenters. The Labute approximate surface area is 116 Å².